The zero-order valence-electron chi connectivity index (χ0n) is 11.0. The predicted molar refractivity (Wildman–Crippen MR) is 74.2 cm³/mol. The van der Waals surface area contributed by atoms with Crippen LogP contribution in [0.5, 0.6) is 0 Å². The molecule has 0 radical (unpaired) electrons. The van der Waals surface area contributed by atoms with E-state index in [1.807, 2.05) is 31.2 Å². The summed E-state index contributed by atoms with van der Waals surface area (Å²) in [6, 6.07) is 7.69. The lowest BCUT2D eigenvalue weighted by Gasteiger charge is -2.09. The number of rotatable bonds is 5. The summed E-state index contributed by atoms with van der Waals surface area (Å²) in [5, 5.41) is 2.92. The van der Waals surface area contributed by atoms with Crippen LogP contribution in [0.1, 0.15) is 25.3 Å². The minimum atomic E-state index is 0.0760. The Morgan fingerprint density at radius 2 is 2.00 bits per heavy atom. The lowest BCUT2D eigenvalue weighted by atomic mass is 10.1. The van der Waals surface area contributed by atoms with Crippen molar-refractivity contribution in [3.05, 3.63) is 48.4 Å². The minimum Gasteiger partial charge on any atom is -0.352 e. The number of nitrogens with one attached hydrogen (secondary N) is 1. The molecule has 1 N–H and O–H groups in total. The Morgan fingerprint density at radius 1 is 1.21 bits per heavy atom. The second-order valence-corrected chi connectivity index (χ2v) is 4.27. The average Bonchev–Trinajstić information content (AvgIpc) is 2.47. The van der Waals surface area contributed by atoms with Crippen LogP contribution in [0.25, 0.3) is 11.3 Å². The molecule has 0 spiro atoms. The molecule has 2 rings (SSSR count). The van der Waals surface area contributed by atoms with Crippen molar-refractivity contribution in [2.45, 2.75) is 26.3 Å². The zero-order chi connectivity index (χ0) is 13.5. The molecule has 2 aromatic heterocycles. The van der Waals surface area contributed by atoms with E-state index in [9.17, 15) is 4.79 Å². The van der Waals surface area contributed by atoms with Gasteiger partial charge in [0.15, 0.2) is 0 Å². The molecule has 19 heavy (non-hydrogen) atoms. The highest BCUT2D eigenvalue weighted by atomic mass is 16.1. The predicted octanol–water partition coefficient (Wildman–Crippen LogP) is 2.56. The van der Waals surface area contributed by atoms with Gasteiger partial charge in [-0.2, -0.15) is 0 Å². The van der Waals surface area contributed by atoms with Gasteiger partial charge in [-0.1, -0.05) is 13.0 Å². The molecule has 1 amide bonds. The fourth-order valence-electron chi connectivity index (χ4n) is 1.86. The van der Waals surface area contributed by atoms with E-state index in [2.05, 4.69) is 15.3 Å². The quantitative estimate of drug-likeness (QED) is 0.893. The van der Waals surface area contributed by atoms with Gasteiger partial charge in [-0.3, -0.25) is 14.8 Å². The molecular formula is C15H17N3O. The van der Waals surface area contributed by atoms with Crippen LogP contribution in [0.4, 0.5) is 0 Å². The van der Waals surface area contributed by atoms with Crippen LogP contribution in [-0.2, 0) is 11.3 Å². The molecular weight excluding hydrogens is 238 g/mol. The van der Waals surface area contributed by atoms with Gasteiger partial charge < -0.3 is 5.32 Å². The average molecular weight is 255 g/mol. The molecule has 0 atom stereocenters. The van der Waals surface area contributed by atoms with Crippen LogP contribution < -0.4 is 5.32 Å². The molecule has 0 saturated carbocycles. The van der Waals surface area contributed by atoms with E-state index in [0.29, 0.717) is 13.0 Å². The number of hydrogen-bond acceptors (Lipinski definition) is 3. The molecule has 2 heterocycles. The summed E-state index contributed by atoms with van der Waals surface area (Å²) in [6.07, 6.45) is 6.65. The maximum absolute atomic E-state index is 11.5. The Balaban J connectivity index is 2.15. The third-order valence-electron chi connectivity index (χ3n) is 2.80. The van der Waals surface area contributed by atoms with E-state index in [1.54, 1.807) is 18.6 Å². The van der Waals surface area contributed by atoms with Crippen molar-refractivity contribution in [3.63, 3.8) is 0 Å². The van der Waals surface area contributed by atoms with Crippen molar-refractivity contribution in [2.24, 2.45) is 0 Å². The molecule has 0 saturated heterocycles. The number of carbonyl (C=O) groups excluding carboxylic acids is 1. The van der Waals surface area contributed by atoms with Gasteiger partial charge >= 0.3 is 0 Å². The topological polar surface area (TPSA) is 54.9 Å². The lowest BCUT2D eigenvalue weighted by Crippen LogP contribution is -2.22. The molecule has 0 bridgehead atoms. The van der Waals surface area contributed by atoms with Crippen LogP contribution in [0.3, 0.4) is 0 Å². The molecule has 0 aliphatic heterocycles. The number of amides is 1. The van der Waals surface area contributed by atoms with Crippen LogP contribution in [0.15, 0.2) is 42.9 Å². The third kappa shape index (κ3) is 3.61. The number of carbonyl (C=O) groups is 1. The van der Waals surface area contributed by atoms with E-state index in [1.165, 1.54) is 0 Å². The number of nitrogens with zero attached hydrogens (tertiary/aromatic N) is 2. The van der Waals surface area contributed by atoms with Gasteiger partial charge in [0.2, 0.25) is 5.91 Å². The van der Waals surface area contributed by atoms with E-state index in [4.69, 9.17) is 0 Å². The normalized spacial score (nSPS) is 10.2. The Morgan fingerprint density at radius 3 is 2.74 bits per heavy atom. The highest BCUT2D eigenvalue weighted by Gasteiger charge is 2.07. The summed E-state index contributed by atoms with van der Waals surface area (Å²) in [4.78, 5) is 19.9. The molecule has 4 nitrogen and oxygen atoms in total. The minimum absolute atomic E-state index is 0.0760. The highest BCUT2D eigenvalue weighted by molar-refractivity contribution is 5.76. The fraction of sp³-hybridized carbons (Fsp3) is 0.267. The van der Waals surface area contributed by atoms with Gasteiger partial charge in [-0.05, 0) is 30.2 Å². The molecule has 0 aliphatic carbocycles. The first-order valence-corrected chi connectivity index (χ1v) is 6.42. The van der Waals surface area contributed by atoms with Crippen molar-refractivity contribution in [1.82, 2.24) is 15.3 Å². The van der Waals surface area contributed by atoms with Crippen molar-refractivity contribution in [1.29, 1.82) is 0 Å². The van der Waals surface area contributed by atoms with Crippen molar-refractivity contribution < 1.29 is 4.79 Å². The first kappa shape index (κ1) is 13.2. The molecule has 98 valence electrons. The number of hydrogen-bond donors (Lipinski definition) is 1. The Hall–Kier alpha value is -2.23. The summed E-state index contributed by atoms with van der Waals surface area (Å²) in [6.45, 7) is 2.50. The maximum atomic E-state index is 11.5. The van der Waals surface area contributed by atoms with E-state index < -0.39 is 0 Å². The monoisotopic (exact) mass is 255 g/mol. The smallest absolute Gasteiger partial charge is 0.220 e. The fourth-order valence-corrected chi connectivity index (χ4v) is 1.86. The lowest BCUT2D eigenvalue weighted by molar-refractivity contribution is -0.121. The van der Waals surface area contributed by atoms with Gasteiger partial charge in [0.05, 0.1) is 5.69 Å². The maximum Gasteiger partial charge on any atom is 0.220 e. The summed E-state index contributed by atoms with van der Waals surface area (Å²) in [5.41, 5.74) is 2.91. The van der Waals surface area contributed by atoms with Crippen molar-refractivity contribution >= 4 is 5.91 Å². The second-order valence-electron chi connectivity index (χ2n) is 4.27. The molecule has 0 aliphatic rings. The van der Waals surface area contributed by atoms with Gasteiger partial charge in [0.1, 0.15) is 0 Å². The Kier molecular flexibility index (Phi) is 4.61. The third-order valence-corrected chi connectivity index (χ3v) is 2.80. The highest BCUT2D eigenvalue weighted by Crippen LogP contribution is 2.19. The first-order chi connectivity index (χ1) is 9.31. The van der Waals surface area contributed by atoms with Gasteiger partial charge in [-0.25, -0.2) is 0 Å². The number of aromatic nitrogens is 2. The van der Waals surface area contributed by atoms with Crippen LogP contribution in [0.2, 0.25) is 0 Å². The van der Waals surface area contributed by atoms with E-state index >= 15 is 0 Å². The summed E-state index contributed by atoms with van der Waals surface area (Å²) in [7, 11) is 0. The van der Waals surface area contributed by atoms with Crippen LogP contribution in [-0.4, -0.2) is 15.9 Å². The Bertz CT molecular complexity index is 540. The number of pyridine rings is 2. The summed E-state index contributed by atoms with van der Waals surface area (Å²) < 4.78 is 0. The van der Waals surface area contributed by atoms with Crippen molar-refractivity contribution in [3.8, 4) is 11.3 Å². The summed E-state index contributed by atoms with van der Waals surface area (Å²) in [5.74, 6) is 0.0760. The second kappa shape index (κ2) is 6.64. The molecule has 0 fully saturated rings. The van der Waals surface area contributed by atoms with Crippen LogP contribution >= 0.6 is 0 Å². The SMILES string of the molecule is CCCC(=O)NCc1cccnc1-c1ccncc1. The van der Waals surface area contributed by atoms with Crippen molar-refractivity contribution in [2.75, 3.05) is 0 Å². The molecule has 4 heteroatoms. The Labute approximate surface area is 112 Å². The first-order valence-electron chi connectivity index (χ1n) is 6.42. The largest absolute Gasteiger partial charge is 0.352 e. The van der Waals surface area contributed by atoms with E-state index in [0.717, 1.165) is 23.2 Å². The standard InChI is InChI=1S/C15H17N3O/c1-2-4-14(19)18-11-13-5-3-8-17-15(13)12-6-9-16-10-7-12/h3,5-10H,2,4,11H2,1H3,(H,18,19). The van der Waals surface area contributed by atoms with E-state index in [-0.39, 0.29) is 5.91 Å². The molecule has 2 aromatic rings. The van der Waals surface area contributed by atoms with Gasteiger partial charge in [0, 0.05) is 37.1 Å². The van der Waals surface area contributed by atoms with Gasteiger partial charge in [0.25, 0.3) is 0 Å². The zero-order valence-corrected chi connectivity index (χ0v) is 11.0. The van der Waals surface area contributed by atoms with Crippen LogP contribution in [0, 0.1) is 0 Å². The van der Waals surface area contributed by atoms with Gasteiger partial charge in [-0.15, -0.1) is 0 Å². The molecule has 0 aromatic carbocycles. The molecule has 0 unspecified atom stereocenters. The summed E-state index contributed by atoms with van der Waals surface area (Å²) >= 11 is 0.